The maximum atomic E-state index is 11.9. The zero-order valence-corrected chi connectivity index (χ0v) is 9.66. The van der Waals surface area contributed by atoms with Crippen LogP contribution in [0.4, 0.5) is 5.82 Å². The first kappa shape index (κ1) is 11.1. The van der Waals surface area contributed by atoms with Crippen LogP contribution in [0.3, 0.4) is 0 Å². The lowest BCUT2D eigenvalue weighted by atomic mass is 9.88. The molecule has 1 saturated heterocycles. The molecule has 1 amide bonds. The van der Waals surface area contributed by atoms with Crippen LogP contribution < -0.4 is 10.6 Å². The third kappa shape index (κ3) is 2.39. The standard InChI is InChI=1S/C12H17N3O/c1-8-3-4-11(14-5-8)15-12(16)9(2)10-6-13-7-10/h3-5,9-10,13H,6-7H2,1-2H3,(H,14,15,16). The molecule has 1 aliphatic rings. The first-order chi connectivity index (χ1) is 7.66. The average Bonchev–Trinajstić information content (AvgIpc) is 2.19. The second-order valence-corrected chi connectivity index (χ2v) is 4.42. The second-order valence-electron chi connectivity index (χ2n) is 4.42. The molecule has 1 aromatic rings. The second kappa shape index (κ2) is 4.61. The van der Waals surface area contributed by atoms with Gasteiger partial charge in [-0.1, -0.05) is 13.0 Å². The molecule has 4 nitrogen and oxygen atoms in total. The predicted octanol–water partition coefficient (Wildman–Crippen LogP) is 1.18. The van der Waals surface area contributed by atoms with Crippen LogP contribution in [-0.2, 0) is 4.79 Å². The Kier molecular flexibility index (Phi) is 3.19. The normalized spacial score (nSPS) is 17.6. The van der Waals surface area contributed by atoms with Gasteiger partial charge in [0.25, 0.3) is 0 Å². The molecule has 0 bridgehead atoms. The first-order valence-electron chi connectivity index (χ1n) is 5.61. The Hall–Kier alpha value is -1.42. The molecule has 0 saturated carbocycles. The zero-order chi connectivity index (χ0) is 11.5. The minimum Gasteiger partial charge on any atom is -0.316 e. The van der Waals surface area contributed by atoms with E-state index < -0.39 is 0 Å². The fourth-order valence-electron chi connectivity index (χ4n) is 1.66. The van der Waals surface area contributed by atoms with E-state index in [4.69, 9.17) is 0 Å². The molecular formula is C12H17N3O. The molecule has 0 spiro atoms. The van der Waals surface area contributed by atoms with Crippen molar-refractivity contribution in [1.29, 1.82) is 0 Å². The Labute approximate surface area is 95.5 Å². The van der Waals surface area contributed by atoms with Gasteiger partial charge in [0.2, 0.25) is 5.91 Å². The maximum absolute atomic E-state index is 11.9. The molecule has 2 N–H and O–H groups in total. The highest BCUT2D eigenvalue weighted by Gasteiger charge is 2.28. The summed E-state index contributed by atoms with van der Waals surface area (Å²) in [5.74, 6) is 1.20. The number of carbonyl (C=O) groups excluding carboxylic acids is 1. The third-order valence-corrected chi connectivity index (χ3v) is 3.10. The van der Waals surface area contributed by atoms with E-state index in [1.54, 1.807) is 6.20 Å². The number of pyridine rings is 1. The fourth-order valence-corrected chi connectivity index (χ4v) is 1.66. The number of aryl methyl sites for hydroxylation is 1. The van der Waals surface area contributed by atoms with Gasteiger partial charge in [-0.25, -0.2) is 4.98 Å². The highest BCUT2D eigenvalue weighted by Crippen LogP contribution is 2.17. The van der Waals surface area contributed by atoms with Crippen LogP contribution in [0.25, 0.3) is 0 Å². The molecular weight excluding hydrogens is 202 g/mol. The average molecular weight is 219 g/mol. The minimum atomic E-state index is 0.0457. The van der Waals surface area contributed by atoms with Crippen LogP contribution in [0.5, 0.6) is 0 Å². The van der Waals surface area contributed by atoms with Gasteiger partial charge in [-0.05, 0) is 37.6 Å². The highest BCUT2D eigenvalue weighted by molar-refractivity contribution is 5.91. The monoisotopic (exact) mass is 219 g/mol. The van der Waals surface area contributed by atoms with E-state index in [1.807, 2.05) is 26.0 Å². The van der Waals surface area contributed by atoms with Crippen LogP contribution in [0.2, 0.25) is 0 Å². The molecule has 1 atom stereocenters. The predicted molar refractivity (Wildman–Crippen MR) is 63.1 cm³/mol. The number of amides is 1. The quantitative estimate of drug-likeness (QED) is 0.802. The van der Waals surface area contributed by atoms with Gasteiger partial charge < -0.3 is 10.6 Å². The number of aromatic nitrogens is 1. The van der Waals surface area contributed by atoms with E-state index in [1.165, 1.54) is 0 Å². The Balaban J connectivity index is 1.93. The molecule has 1 aromatic heterocycles. The van der Waals surface area contributed by atoms with E-state index in [9.17, 15) is 4.79 Å². The molecule has 0 aliphatic carbocycles. The van der Waals surface area contributed by atoms with Crippen molar-refractivity contribution < 1.29 is 4.79 Å². The van der Waals surface area contributed by atoms with Gasteiger partial charge >= 0.3 is 0 Å². The molecule has 2 heterocycles. The number of anilines is 1. The van der Waals surface area contributed by atoms with Gasteiger partial charge in [0, 0.05) is 12.1 Å². The topological polar surface area (TPSA) is 54.0 Å². The molecule has 1 unspecified atom stereocenters. The molecule has 86 valence electrons. The van der Waals surface area contributed by atoms with Crippen LogP contribution in [-0.4, -0.2) is 24.0 Å². The van der Waals surface area contributed by atoms with Crippen LogP contribution in [0.15, 0.2) is 18.3 Å². The van der Waals surface area contributed by atoms with E-state index in [0.29, 0.717) is 11.7 Å². The number of rotatable bonds is 3. The summed E-state index contributed by atoms with van der Waals surface area (Å²) in [5, 5.41) is 6.01. The number of nitrogens with zero attached hydrogens (tertiary/aromatic N) is 1. The molecule has 16 heavy (non-hydrogen) atoms. The number of hydrogen-bond acceptors (Lipinski definition) is 3. The summed E-state index contributed by atoms with van der Waals surface area (Å²) in [5.41, 5.74) is 1.09. The van der Waals surface area contributed by atoms with Crippen molar-refractivity contribution in [2.75, 3.05) is 18.4 Å². The Morgan fingerprint density at radius 2 is 2.31 bits per heavy atom. The van der Waals surface area contributed by atoms with Gasteiger partial charge in [0.1, 0.15) is 5.82 Å². The third-order valence-electron chi connectivity index (χ3n) is 3.10. The van der Waals surface area contributed by atoms with Crippen molar-refractivity contribution in [3.8, 4) is 0 Å². The Morgan fingerprint density at radius 1 is 1.56 bits per heavy atom. The summed E-state index contributed by atoms with van der Waals surface area (Å²) in [6.07, 6.45) is 1.76. The van der Waals surface area contributed by atoms with E-state index >= 15 is 0 Å². The summed E-state index contributed by atoms with van der Waals surface area (Å²) < 4.78 is 0. The first-order valence-corrected chi connectivity index (χ1v) is 5.61. The Bertz CT molecular complexity index is 370. The summed E-state index contributed by atoms with van der Waals surface area (Å²) >= 11 is 0. The van der Waals surface area contributed by atoms with Crippen molar-refractivity contribution in [3.63, 3.8) is 0 Å². The van der Waals surface area contributed by atoms with Crippen molar-refractivity contribution in [3.05, 3.63) is 23.9 Å². The largest absolute Gasteiger partial charge is 0.316 e. The zero-order valence-electron chi connectivity index (χ0n) is 9.66. The molecule has 1 aliphatic heterocycles. The smallest absolute Gasteiger partial charge is 0.228 e. The SMILES string of the molecule is Cc1ccc(NC(=O)C(C)C2CNC2)nc1. The van der Waals surface area contributed by atoms with Crippen molar-refractivity contribution in [2.24, 2.45) is 11.8 Å². The van der Waals surface area contributed by atoms with Crippen LogP contribution >= 0.6 is 0 Å². The van der Waals surface area contributed by atoms with Gasteiger partial charge in [0.05, 0.1) is 0 Å². The van der Waals surface area contributed by atoms with E-state index in [-0.39, 0.29) is 11.8 Å². The number of carbonyl (C=O) groups is 1. The van der Waals surface area contributed by atoms with Crippen LogP contribution in [0, 0.1) is 18.8 Å². The lowest BCUT2D eigenvalue weighted by molar-refractivity contribution is -0.121. The van der Waals surface area contributed by atoms with Gasteiger partial charge in [0.15, 0.2) is 0 Å². The molecule has 1 fully saturated rings. The Morgan fingerprint density at radius 3 is 2.81 bits per heavy atom. The summed E-state index contributed by atoms with van der Waals surface area (Å²) in [6.45, 7) is 5.82. The van der Waals surface area contributed by atoms with E-state index in [2.05, 4.69) is 15.6 Å². The fraction of sp³-hybridized carbons (Fsp3) is 0.500. The molecule has 0 aromatic carbocycles. The lowest BCUT2D eigenvalue weighted by Gasteiger charge is -2.31. The van der Waals surface area contributed by atoms with Gasteiger partial charge in [-0.3, -0.25) is 4.79 Å². The van der Waals surface area contributed by atoms with Crippen LogP contribution in [0.1, 0.15) is 12.5 Å². The molecule has 4 heteroatoms. The summed E-state index contributed by atoms with van der Waals surface area (Å²) in [6, 6.07) is 3.77. The van der Waals surface area contributed by atoms with Gasteiger partial charge in [-0.15, -0.1) is 0 Å². The van der Waals surface area contributed by atoms with Gasteiger partial charge in [-0.2, -0.15) is 0 Å². The van der Waals surface area contributed by atoms with E-state index in [0.717, 1.165) is 18.7 Å². The van der Waals surface area contributed by atoms with Crippen molar-refractivity contribution in [2.45, 2.75) is 13.8 Å². The minimum absolute atomic E-state index is 0.0457. The highest BCUT2D eigenvalue weighted by atomic mass is 16.1. The lowest BCUT2D eigenvalue weighted by Crippen LogP contribution is -2.48. The molecule has 2 rings (SSSR count). The number of nitrogens with one attached hydrogen (secondary N) is 2. The summed E-state index contributed by atoms with van der Waals surface area (Å²) in [4.78, 5) is 16.0. The summed E-state index contributed by atoms with van der Waals surface area (Å²) in [7, 11) is 0. The van der Waals surface area contributed by atoms with Crippen molar-refractivity contribution >= 4 is 11.7 Å². The molecule has 0 radical (unpaired) electrons. The number of hydrogen-bond donors (Lipinski definition) is 2. The maximum Gasteiger partial charge on any atom is 0.228 e. The van der Waals surface area contributed by atoms with Crippen molar-refractivity contribution in [1.82, 2.24) is 10.3 Å².